The van der Waals surface area contributed by atoms with Crippen molar-refractivity contribution in [2.75, 3.05) is 13.2 Å². The predicted molar refractivity (Wildman–Crippen MR) is 109 cm³/mol. The Kier molecular flexibility index (Phi) is 7.42. The van der Waals surface area contributed by atoms with Gasteiger partial charge in [0.05, 0.1) is 13.2 Å². The molecule has 2 nitrogen and oxygen atoms in total. The van der Waals surface area contributed by atoms with Gasteiger partial charge in [0, 0.05) is 0 Å². The van der Waals surface area contributed by atoms with Crippen LogP contribution >= 0.6 is 0 Å². The average Bonchev–Trinajstić information content (AvgIpc) is 2.71. The van der Waals surface area contributed by atoms with Crippen molar-refractivity contribution in [1.29, 1.82) is 0 Å². The first kappa shape index (κ1) is 18.8. The Labute approximate surface area is 158 Å². The molecule has 1 saturated carbocycles. The molecule has 2 aromatic rings. The molecule has 0 aromatic heterocycles. The van der Waals surface area contributed by atoms with Crippen LogP contribution in [0, 0.1) is 5.92 Å². The molecule has 0 N–H and O–H groups in total. The summed E-state index contributed by atoms with van der Waals surface area (Å²) in [6.45, 7) is 3.88. The third-order valence-corrected chi connectivity index (χ3v) is 5.27. The first-order valence-corrected chi connectivity index (χ1v) is 10.3. The molecule has 0 heterocycles. The van der Waals surface area contributed by atoms with E-state index in [2.05, 4.69) is 55.5 Å². The van der Waals surface area contributed by atoms with Gasteiger partial charge in [-0.15, -0.1) is 0 Å². The molecule has 0 aliphatic heterocycles. The van der Waals surface area contributed by atoms with Gasteiger partial charge in [-0.2, -0.15) is 0 Å². The van der Waals surface area contributed by atoms with Crippen LogP contribution < -0.4 is 9.47 Å². The SMILES string of the molecule is CCCCCOc1ccc(-c2ccc(OCC3CCCCC3)cc2)cc1. The number of hydrogen-bond donors (Lipinski definition) is 0. The van der Waals surface area contributed by atoms with Gasteiger partial charge in [-0.1, -0.05) is 63.3 Å². The Morgan fingerprint density at radius 3 is 1.88 bits per heavy atom. The van der Waals surface area contributed by atoms with E-state index in [-0.39, 0.29) is 0 Å². The van der Waals surface area contributed by atoms with Crippen molar-refractivity contribution in [3.63, 3.8) is 0 Å². The third kappa shape index (κ3) is 5.79. The van der Waals surface area contributed by atoms with Crippen LogP contribution in [0.1, 0.15) is 58.3 Å². The van der Waals surface area contributed by atoms with Crippen molar-refractivity contribution in [1.82, 2.24) is 0 Å². The smallest absolute Gasteiger partial charge is 0.119 e. The lowest BCUT2D eigenvalue weighted by Gasteiger charge is -2.21. The molecule has 1 aliphatic rings. The van der Waals surface area contributed by atoms with Crippen LogP contribution in [0.3, 0.4) is 0 Å². The summed E-state index contributed by atoms with van der Waals surface area (Å²) in [5.41, 5.74) is 2.43. The quantitative estimate of drug-likeness (QED) is 0.458. The molecule has 3 rings (SSSR count). The molecule has 2 aromatic carbocycles. The molecular weight excluding hydrogens is 320 g/mol. The molecule has 2 heteroatoms. The molecule has 26 heavy (non-hydrogen) atoms. The lowest BCUT2D eigenvalue weighted by molar-refractivity contribution is 0.209. The maximum absolute atomic E-state index is 6.00. The maximum atomic E-state index is 6.00. The summed E-state index contributed by atoms with van der Waals surface area (Å²) < 4.78 is 11.8. The fourth-order valence-corrected chi connectivity index (χ4v) is 3.60. The van der Waals surface area contributed by atoms with E-state index in [9.17, 15) is 0 Å². The molecule has 1 aliphatic carbocycles. The topological polar surface area (TPSA) is 18.5 Å². The van der Waals surface area contributed by atoms with Gasteiger partial charge in [0.2, 0.25) is 0 Å². The second-order valence-corrected chi connectivity index (χ2v) is 7.42. The van der Waals surface area contributed by atoms with E-state index in [0.717, 1.165) is 37.1 Å². The standard InChI is InChI=1S/C24H32O2/c1-2-3-7-18-25-23-14-10-21(11-15-23)22-12-16-24(17-13-22)26-19-20-8-5-4-6-9-20/h10-17,20H,2-9,18-19H2,1H3. The fourth-order valence-electron chi connectivity index (χ4n) is 3.60. The first-order chi connectivity index (χ1) is 12.8. The van der Waals surface area contributed by atoms with Crippen molar-refractivity contribution in [3.8, 4) is 22.6 Å². The van der Waals surface area contributed by atoms with Gasteiger partial charge in [0.15, 0.2) is 0 Å². The van der Waals surface area contributed by atoms with Gasteiger partial charge in [0.25, 0.3) is 0 Å². The molecule has 0 atom stereocenters. The van der Waals surface area contributed by atoms with Crippen LogP contribution in [0.15, 0.2) is 48.5 Å². The Balaban J connectivity index is 1.49. The minimum atomic E-state index is 0.744. The molecule has 0 bridgehead atoms. The molecule has 0 spiro atoms. The van der Waals surface area contributed by atoms with E-state index in [1.54, 1.807) is 0 Å². The third-order valence-electron chi connectivity index (χ3n) is 5.27. The van der Waals surface area contributed by atoms with Crippen LogP contribution in [0.2, 0.25) is 0 Å². The summed E-state index contributed by atoms with van der Waals surface area (Å²) >= 11 is 0. The molecule has 0 amide bonds. The Hall–Kier alpha value is -1.96. The molecule has 0 saturated heterocycles. The predicted octanol–water partition coefficient (Wildman–Crippen LogP) is 6.88. The number of hydrogen-bond acceptors (Lipinski definition) is 2. The summed E-state index contributed by atoms with van der Waals surface area (Å²) in [6, 6.07) is 16.9. The Bertz CT molecular complexity index is 624. The monoisotopic (exact) mass is 352 g/mol. The van der Waals surface area contributed by atoms with Gasteiger partial charge in [0.1, 0.15) is 11.5 Å². The zero-order valence-electron chi connectivity index (χ0n) is 16.1. The van der Waals surface area contributed by atoms with E-state index < -0.39 is 0 Å². The van der Waals surface area contributed by atoms with Crippen LogP contribution in [-0.2, 0) is 0 Å². The Morgan fingerprint density at radius 2 is 1.31 bits per heavy atom. The second-order valence-electron chi connectivity index (χ2n) is 7.42. The zero-order chi connectivity index (χ0) is 18.0. The van der Waals surface area contributed by atoms with Crippen LogP contribution in [0.4, 0.5) is 0 Å². The Morgan fingerprint density at radius 1 is 0.731 bits per heavy atom. The lowest BCUT2D eigenvalue weighted by atomic mass is 9.90. The highest BCUT2D eigenvalue weighted by Crippen LogP contribution is 2.27. The number of unbranched alkanes of at least 4 members (excludes halogenated alkanes) is 2. The van der Waals surface area contributed by atoms with Crippen LogP contribution in [0.25, 0.3) is 11.1 Å². The van der Waals surface area contributed by atoms with Crippen molar-refractivity contribution in [2.45, 2.75) is 58.3 Å². The van der Waals surface area contributed by atoms with Crippen LogP contribution in [0.5, 0.6) is 11.5 Å². The highest BCUT2D eigenvalue weighted by atomic mass is 16.5. The summed E-state index contributed by atoms with van der Waals surface area (Å²) in [6.07, 6.45) is 10.4. The molecule has 0 unspecified atom stereocenters. The van der Waals surface area contributed by atoms with Crippen LogP contribution in [-0.4, -0.2) is 13.2 Å². The van der Waals surface area contributed by atoms with Crippen molar-refractivity contribution < 1.29 is 9.47 Å². The number of benzene rings is 2. The largest absolute Gasteiger partial charge is 0.494 e. The molecule has 1 fully saturated rings. The van der Waals surface area contributed by atoms with Crippen molar-refractivity contribution in [3.05, 3.63) is 48.5 Å². The van der Waals surface area contributed by atoms with E-state index in [4.69, 9.17) is 9.47 Å². The molecule has 0 radical (unpaired) electrons. The first-order valence-electron chi connectivity index (χ1n) is 10.3. The van der Waals surface area contributed by atoms with Crippen molar-refractivity contribution in [2.24, 2.45) is 5.92 Å². The summed E-state index contributed by atoms with van der Waals surface area (Å²) in [5, 5.41) is 0. The van der Waals surface area contributed by atoms with E-state index in [1.807, 2.05) is 0 Å². The van der Waals surface area contributed by atoms with E-state index >= 15 is 0 Å². The van der Waals surface area contributed by atoms with Gasteiger partial charge in [-0.25, -0.2) is 0 Å². The van der Waals surface area contributed by atoms with E-state index in [0.29, 0.717) is 0 Å². The number of rotatable bonds is 9. The minimum Gasteiger partial charge on any atom is -0.494 e. The van der Waals surface area contributed by atoms with Gasteiger partial charge in [-0.05, 0) is 60.6 Å². The zero-order valence-corrected chi connectivity index (χ0v) is 16.1. The van der Waals surface area contributed by atoms with Crippen molar-refractivity contribution >= 4 is 0 Å². The second kappa shape index (κ2) is 10.3. The normalized spacial score (nSPS) is 15.0. The number of ether oxygens (including phenoxy) is 2. The lowest BCUT2D eigenvalue weighted by Crippen LogP contribution is -2.15. The van der Waals surface area contributed by atoms with Gasteiger partial charge in [-0.3, -0.25) is 0 Å². The summed E-state index contributed by atoms with van der Waals surface area (Å²) in [5.74, 6) is 2.68. The molecule has 140 valence electrons. The maximum Gasteiger partial charge on any atom is 0.119 e. The highest BCUT2D eigenvalue weighted by Gasteiger charge is 2.13. The molecular formula is C24H32O2. The fraction of sp³-hybridized carbons (Fsp3) is 0.500. The van der Waals surface area contributed by atoms with Gasteiger partial charge < -0.3 is 9.47 Å². The van der Waals surface area contributed by atoms with E-state index in [1.165, 1.54) is 56.1 Å². The van der Waals surface area contributed by atoms with Gasteiger partial charge >= 0.3 is 0 Å². The summed E-state index contributed by atoms with van der Waals surface area (Å²) in [4.78, 5) is 0. The minimum absolute atomic E-state index is 0.744. The highest BCUT2D eigenvalue weighted by molar-refractivity contribution is 5.64. The average molecular weight is 353 g/mol. The summed E-state index contributed by atoms with van der Waals surface area (Å²) in [7, 11) is 0.